The lowest BCUT2D eigenvalue weighted by molar-refractivity contribution is -0.115. The predicted molar refractivity (Wildman–Crippen MR) is 115 cm³/mol. The second-order valence-electron chi connectivity index (χ2n) is 8.57. The van der Waals surface area contributed by atoms with Gasteiger partial charge in [0.2, 0.25) is 15.9 Å². The molecule has 0 spiro atoms. The van der Waals surface area contributed by atoms with Crippen molar-refractivity contribution in [2.45, 2.75) is 49.1 Å². The zero-order valence-electron chi connectivity index (χ0n) is 18.1. The summed E-state index contributed by atoms with van der Waals surface area (Å²) in [6, 6.07) is 8.21. The number of halogens is 3. The number of hydrogen-bond acceptors (Lipinski definition) is 4. The van der Waals surface area contributed by atoms with E-state index in [0.717, 1.165) is 18.2 Å². The number of hydrogen-bond donors (Lipinski definition) is 0. The normalized spacial score (nSPS) is 21.9. The average Bonchev–Trinajstić information content (AvgIpc) is 3.33. The van der Waals surface area contributed by atoms with Gasteiger partial charge in [0.1, 0.15) is 17.1 Å². The maximum Gasteiger partial charge on any atom is 0.249 e. The molecule has 2 heterocycles. The molecule has 1 atom stereocenters. The Balaban J connectivity index is 1.27. The highest BCUT2D eigenvalue weighted by molar-refractivity contribution is 7.89. The molecule has 2 aliphatic rings. The van der Waals surface area contributed by atoms with Crippen molar-refractivity contribution >= 4 is 15.9 Å². The molecule has 2 aliphatic heterocycles. The fraction of sp³-hybridized carbons (Fsp3) is 0.435. The lowest BCUT2D eigenvalue weighted by Gasteiger charge is -2.32. The zero-order valence-corrected chi connectivity index (χ0v) is 19.0. The van der Waals surface area contributed by atoms with Gasteiger partial charge in [-0.05, 0) is 62.9 Å². The maximum absolute atomic E-state index is 13.5. The van der Waals surface area contributed by atoms with Crippen LogP contribution in [0.2, 0.25) is 0 Å². The maximum atomic E-state index is 13.5. The highest BCUT2D eigenvalue weighted by Gasteiger charge is 2.60. The minimum Gasteiger partial charge on any atom is -0.493 e. The van der Waals surface area contributed by atoms with Crippen LogP contribution in [0.4, 0.5) is 13.2 Å². The van der Waals surface area contributed by atoms with Crippen LogP contribution in [0.25, 0.3) is 0 Å². The van der Waals surface area contributed by atoms with Gasteiger partial charge >= 0.3 is 0 Å². The van der Waals surface area contributed by atoms with E-state index < -0.39 is 33.0 Å². The summed E-state index contributed by atoms with van der Waals surface area (Å²) in [6.45, 7) is 2.61. The minimum absolute atomic E-state index is 0.0155. The summed E-state index contributed by atoms with van der Waals surface area (Å²) in [7, 11) is -3.78. The largest absolute Gasteiger partial charge is 0.493 e. The summed E-state index contributed by atoms with van der Waals surface area (Å²) < 4.78 is 72.0. The van der Waals surface area contributed by atoms with E-state index in [1.165, 1.54) is 28.6 Å². The van der Waals surface area contributed by atoms with Gasteiger partial charge in [-0.3, -0.25) is 4.79 Å². The topological polar surface area (TPSA) is 66.7 Å². The van der Waals surface area contributed by atoms with Gasteiger partial charge in [-0.2, -0.15) is 4.31 Å². The molecule has 2 saturated heterocycles. The van der Waals surface area contributed by atoms with Crippen LogP contribution in [-0.4, -0.2) is 54.8 Å². The third-order valence-electron chi connectivity index (χ3n) is 6.35. The molecule has 0 N–H and O–H groups in total. The first-order chi connectivity index (χ1) is 15.6. The van der Waals surface area contributed by atoms with Crippen molar-refractivity contribution < 1.29 is 31.1 Å². The van der Waals surface area contributed by atoms with Crippen molar-refractivity contribution in [3.8, 4) is 5.75 Å². The first-order valence-corrected chi connectivity index (χ1v) is 12.2. The molecule has 10 heteroatoms. The van der Waals surface area contributed by atoms with Gasteiger partial charge in [-0.1, -0.05) is 6.07 Å². The quantitative estimate of drug-likeness (QED) is 0.425. The molecule has 2 fully saturated rings. The van der Waals surface area contributed by atoms with E-state index in [0.29, 0.717) is 25.7 Å². The van der Waals surface area contributed by atoms with Crippen LogP contribution in [0.1, 0.15) is 32.6 Å². The van der Waals surface area contributed by atoms with Gasteiger partial charge in [-0.15, -0.1) is 0 Å². The number of carbonyl (C=O) groups is 1. The minimum atomic E-state index is -3.78. The van der Waals surface area contributed by atoms with Gasteiger partial charge in [0, 0.05) is 25.2 Å². The Labute approximate surface area is 191 Å². The van der Waals surface area contributed by atoms with Crippen LogP contribution in [-0.2, 0) is 14.8 Å². The predicted octanol–water partition coefficient (Wildman–Crippen LogP) is 3.72. The first kappa shape index (κ1) is 23.6. The second kappa shape index (κ2) is 8.98. The molecule has 33 heavy (non-hydrogen) atoms. The summed E-state index contributed by atoms with van der Waals surface area (Å²) in [5.74, 6) is -2.28. The second-order valence-corrected chi connectivity index (χ2v) is 10.5. The SMILES string of the molecule is CC1(CCCOc2ccc(F)c(F)c2)C(=O)N1C1CCN(S(=O)(=O)c2cccc(F)c2)CC1. The summed E-state index contributed by atoms with van der Waals surface area (Å²) in [4.78, 5) is 14.3. The molecule has 1 amide bonds. The summed E-state index contributed by atoms with van der Waals surface area (Å²) in [5, 5.41) is 0. The van der Waals surface area contributed by atoms with Crippen molar-refractivity contribution in [3.63, 3.8) is 0 Å². The van der Waals surface area contributed by atoms with Gasteiger partial charge in [-0.25, -0.2) is 21.6 Å². The molecule has 6 nitrogen and oxygen atoms in total. The summed E-state index contributed by atoms with van der Waals surface area (Å²) in [6.07, 6.45) is 2.09. The Bertz CT molecular complexity index is 1150. The van der Waals surface area contributed by atoms with E-state index >= 15 is 0 Å². The van der Waals surface area contributed by atoms with Crippen LogP contribution in [0.5, 0.6) is 5.75 Å². The molecule has 0 saturated carbocycles. The molecule has 2 aromatic rings. The number of carbonyl (C=O) groups excluding carboxylic acids is 1. The summed E-state index contributed by atoms with van der Waals surface area (Å²) >= 11 is 0. The lowest BCUT2D eigenvalue weighted by Crippen LogP contribution is -2.43. The Morgan fingerprint density at radius 2 is 1.79 bits per heavy atom. The molecule has 1 unspecified atom stereocenters. The molecule has 0 radical (unpaired) electrons. The molecule has 2 aromatic carbocycles. The lowest BCUT2D eigenvalue weighted by atomic mass is 10.0. The van der Waals surface area contributed by atoms with Gasteiger partial charge in [0.25, 0.3) is 0 Å². The highest BCUT2D eigenvalue weighted by Crippen LogP contribution is 2.43. The number of sulfonamides is 1. The van der Waals surface area contributed by atoms with E-state index in [4.69, 9.17) is 4.74 Å². The van der Waals surface area contributed by atoms with Crippen molar-refractivity contribution in [2.75, 3.05) is 19.7 Å². The molecule has 0 aliphatic carbocycles. The molecular formula is C23H25F3N2O4S. The monoisotopic (exact) mass is 482 g/mol. The molecule has 0 bridgehead atoms. The van der Waals surface area contributed by atoms with E-state index in [9.17, 15) is 26.4 Å². The number of amides is 1. The number of piperidine rings is 1. The highest BCUT2D eigenvalue weighted by atomic mass is 32.2. The standard InChI is InChI=1S/C23H25F3N2O4S/c1-23(10-3-13-32-18-6-7-20(25)21(26)15-18)22(29)28(23)17-8-11-27(12-9-17)33(30,31)19-5-2-4-16(24)14-19/h2,4-7,14-15,17H,3,8-13H2,1H3. The van der Waals surface area contributed by atoms with E-state index in [2.05, 4.69) is 0 Å². The Morgan fingerprint density at radius 1 is 1.06 bits per heavy atom. The number of nitrogens with zero attached hydrogens (tertiary/aromatic N) is 2. The number of benzene rings is 2. The number of ether oxygens (including phenoxy) is 1. The Morgan fingerprint density at radius 3 is 2.45 bits per heavy atom. The third kappa shape index (κ3) is 4.72. The van der Waals surface area contributed by atoms with Crippen LogP contribution in [0.3, 0.4) is 0 Å². The Hall–Kier alpha value is -2.59. The van der Waals surface area contributed by atoms with Gasteiger partial charge in [0.05, 0.1) is 11.5 Å². The van der Waals surface area contributed by atoms with Crippen LogP contribution in [0.15, 0.2) is 47.4 Å². The fourth-order valence-corrected chi connectivity index (χ4v) is 5.95. The van der Waals surface area contributed by atoms with E-state index in [1.807, 2.05) is 6.92 Å². The van der Waals surface area contributed by atoms with Crippen LogP contribution >= 0.6 is 0 Å². The van der Waals surface area contributed by atoms with Crippen LogP contribution < -0.4 is 4.74 Å². The smallest absolute Gasteiger partial charge is 0.249 e. The summed E-state index contributed by atoms with van der Waals surface area (Å²) in [5.41, 5.74) is -0.633. The number of rotatable bonds is 8. The van der Waals surface area contributed by atoms with Crippen molar-refractivity contribution in [2.24, 2.45) is 0 Å². The average molecular weight is 483 g/mol. The third-order valence-corrected chi connectivity index (χ3v) is 8.25. The van der Waals surface area contributed by atoms with E-state index in [-0.39, 0.29) is 42.3 Å². The van der Waals surface area contributed by atoms with Crippen molar-refractivity contribution in [1.82, 2.24) is 9.21 Å². The zero-order chi connectivity index (χ0) is 23.8. The van der Waals surface area contributed by atoms with Crippen molar-refractivity contribution in [1.29, 1.82) is 0 Å². The fourth-order valence-electron chi connectivity index (χ4n) is 4.45. The van der Waals surface area contributed by atoms with E-state index in [1.54, 1.807) is 4.90 Å². The van der Waals surface area contributed by atoms with Crippen molar-refractivity contribution in [3.05, 3.63) is 59.9 Å². The van der Waals surface area contributed by atoms with Gasteiger partial charge in [0.15, 0.2) is 11.6 Å². The Kier molecular flexibility index (Phi) is 6.41. The first-order valence-electron chi connectivity index (χ1n) is 10.8. The molecule has 178 valence electrons. The molecule has 4 rings (SSSR count). The molecular weight excluding hydrogens is 457 g/mol. The van der Waals surface area contributed by atoms with Crippen LogP contribution in [0, 0.1) is 17.5 Å². The molecule has 0 aromatic heterocycles. The van der Waals surface area contributed by atoms with Gasteiger partial charge < -0.3 is 9.64 Å².